The van der Waals surface area contributed by atoms with Crippen molar-refractivity contribution < 1.29 is 5.11 Å². The molecule has 0 radical (unpaired) electrons. The maximum absolute atomic E-state index is 11.7. The molecule has 2 aromatic rings. The van der Waals surface area contributed by atoms with Crippen LogP contribution in [0.5, 0.6) is 0 Å². The molecule has 2 atom stereocenters. The van der Waals surface area contributed by atoms with E-state index in [-0.39, 0.29) is 24.1 Å². The summed E-state index contributed by atoms with van der Waals surface area (Å²) in [5.74, 6) is 0.566. The van der Waals surface area contributed by atoms with Crippen LogP contribution in [-0.2, 0) is 0 Å². The topological polar surface area (TPSA) is 107 Å². The quantitative estimate of drug-likeness (QED) is 0.571. The minimum Gasteiger partial charge on any atom is -0.396 e. The monoisotopic (exact) mass is 247 g/mol. The van der Waals surface area contributed by atoms with Gasteiger partial charge < -0.3 is 15.4 Å². The molecule has 18 heavy (non-hydrogen) atoms. The maximum atomic E-state index is 11.7. The summed E-state index contributed by atoms with van der Waals surface area (Å²) in [5, 5.41) is 12.2. The van der Waals surface area contributed by atoms with E-state index in [2.05, 4.69) is 25.3 Å². The average Bonchev–Trinajstić information content (AvgIpc) is 2.97. The van der Waals surface area contributed by atoms with Crippen molar-refractivity contribution >= 4 is 17.1 Å². The molecule has 2 unspecified atom stereocenters. The zero-order chi connectivity index (χ0) is 12.5. The highest BCUT2D eigenvalue weighted by molar-refractivity contribution is 5.69. The molecule has 7 nitrogen and oxygen atoms in total. The highest BCUT2D eigenvalue weighted by Gasteiger charge is 2.18. The van der Waals surface area contributed by atoms with Crippen LogP contribution in [-0.4, -0.2) is 37.7 Å². The molecule has 0 fully saturated rings. The van der Waals surface area contributed by atoms with Gasteiger partial charge in [-0.25, -0.2) is 4.98 Å². The first-order chi connectivity index (χ1) is 8.76. The Balaban J connectivity index is 1.83. The lowest BCUT2D eigenvalue weighted by Gasteiger charge is -2.12. The molecule has 0 spiro atoms. The Labute approximate surface area is 102 Å². The molecule has 3 rings (SSSR count). The molecular formula is C11H13N5O2. The molecule has 7 heteroatoms. The average molecular weight is 247 g/mol. The number of aliphatic hydroxyl groups is 1. The number of fused-ring (bicyclic) bond motifs is 1. The van der Waals surface area contributed by atoms with Crippen molar-refractivity contribution in [2.45, 2.75) is 12.5 Å². The second-order valence-corrected chi connectivity index (χ2v) is 4.33. The van der Waals surface area contributed by atoms with Crippen molar-refractivity contribution in [3.05, 3.63) is 28.8 Å². The summed E-state index contributed by atoms with van der Waals surface area (Å²) < 4.78 is 0. The minimum absolute atomic E-state index is 0.0710. The van der Waals surface area contributed by atoms with Gasteiger partial charge in [0.15, 0.2) is 11.2 Å². The van der Waals surface area contributed by atoms with Crippen molar-refractivity contribution in [1.29, 1.82) is 0 Å². The Kier molecular flexibility index (Phi) is 2.60. The normalized spacial score (nSPS) is 22.7. The zero-order valence-corrected chi connectivity index (χ0v) is 9.55. The van der Waals surface area contributed by atoms with E-state index in [4.69, 9.17) is 5.11 Å². The van der Waals surface area contributed by atoms with Gasteiger partial charge in [0.25, 0.3) is 5.56 Å². The molecule has 0 aliphatic heterocycles. The van der Waals surface area contributed by atoms with Crippen LogP contribution in [0.15, 0.2) is 23.3 Å². The summed E-state index contributed by atoms with van der Waals surface area (Å²) in [6.07, 6.45) is 6.16. The molecule has 2 heterocycles. The van der Waals surface area contributed by atoms with Crippen molar-refractivity contribution in [3.8, 4) is 0 Å². The largest absolute Gasteiger partial charge is 0.396 e. The summed E-state index contributed by atoms with van der Waals surface area (Å²) in [4.78, 5) is 25.2. The highest BCUT2D eigenvalue weighted by atomic mass is 16.3. The van der Waals surface area contributed by atoms with Gasteiger partial charge in [0.2, 0.25) is 5.95 Å². The van der Waals surface area contributed by atoms with Crippen molar-refractivity contribution in [1.82, 2.24) is 19.9 Å². The fourth-order valence-corrected chi connectivity index (χ4v) is 2.10. The molecule has 0 saturated carbocycles. The smallest absolute Gasteiger partial charge is 0.278 e. The first-order valence-electron chi connectivity index (χ1n) is 5.75. The van der Waals surface area contributed by atoms with Crippen LogP contribution in [0, 0.1) is 5.92 Å². The predicted molar refractivity (Wildman–Crippen MR) is 66.3 cm³/mol. The third-order valence-electron chi connectivity index (χ3n) is 3.02. The Morgan fingerprint density at radius 2 is 2.39 bits per heavy atom. The van der Waals surface area contributed by atoms with Crippen LogP contribution in [0.1, 0.15) is 6.42 Å². The summed E-state index contributed by atoms with van der Waals surface area (Å²) in [6.45, 7) is 0.136. The number of rotatable bonds is 3. The van der Waals surface area contributed by atoms with E-state index in [0.717, 1.165) is 6.42 Å². The van der Waals surface area contributed by atoms with E-state index in [9.17, 15) is 4.79 Å². The maximum Gasteiger partial charge on any atom is 0.278 e. The van der Waals surface area contributed by atoms with Crippen molar-refractivity contribution in [2.75, 3.05) is 11.9 Å². The summed E-state index contributed by atoms with van der Waals surface area (Å²) in [7, 11) is 0. The van der Waals surface area contributed by atoms with E-state index >= 15 is 0 Å². The highest BCUT2D eigenvalue weighted by Crippen LogP contribution is 2.19. The number of nitrogens with zero attached hydrogens (tertiary/aromatic N) is 2. The first kappa shape index (κ1) is 11.0. The van der Waals surface area contributed by atoms with Gasteiger partial charge in [-0.1, -0.05) is 12.2 Å². The molecule has 94 valence electrons. The number of aromatic amines is 2. The number of hydrogen-bond donors (Lipinski definition) is 4. The van der Waals surface area contributed by atoms with Crippen molar-refractivity contribution in [2.24, 2.45) is 5.92 Å². The van der Waals surface area contributed by atoms with Crippen LogP contribution in [0.2, 0.25) is 0 Å². The van der Waals surface area contributed by atoms with Gasteiger partial charge in [-0.15, -0.1) is 0 Å². The Morgan fingerprint density at radius 1 is 1.50 bits per heavy atom. The lowest BCUT2D eigenvalue weighted by Crippen LogP contribution is -2.21. The Hall–Kier alpha value is -2.15. The van der Waals surface area contributed by atoms with E-state index in [1.54, 1.807) is 0 Å². The third-order valence-corrected chi connectivity index (χ3v) is 3.02. The van der Waals surface area contributed by atoms with E-state index < -0.39 is 0 Å². The van der Waals surface area contributed by atoms with Crippen LogP contribution in [0.25, 0.3) is 11.2 Å². The van der Waals surface area contributed by atoms with Crippen LogP contribution in [0.3, 0.4) is 0 Å². The predicted octanol–water partition coefficient (Wildman–Crippen LogP) is -0.00490. The number of hydrogen-bond acceptors (Lipinski definition) is 5. The lowest BCUT2D eigenvalue weighted by atomic mass is 10.1. The molecule has 4 N–H and O–H groups in total. The summed E-state index contributed by atoms with van der Waals surface area (Å²) in [6, 6.07) is 0.0710. The molecule has 0 aromatic carbocycles. The fourth-order valence-electron chi connectivity index (χ4n) is 2.10. The van der Waals surface area contributed by atoms with Gasteiger partial charge in [-0.3, -0.25) is 9.78 Å². The molecule has 1 aliphatic carbocycles. The van der Waals surface area contributed by atoms with Crippen LogP contribution in [0.4, 0.5) is 5.95 Å². The zero-order valence-electron chi connectivity index (χ0n) is 9.55. The van der Waals surface area contributed by atoms with Gasteiger partial charge in [0, 0.05) is 18.6 Å². The van der Waals surface area contributed by atoms with Gasteiger partial charge in [-0.2, -0.15) is 4.98 Å². The van der Waals surface area contributed by atoms with Gasteiger partial charge in [-0.05, 0) is 6.42 Å². The fraction of sp³-hybridized carbons (Fsp3) is 0.364. The molecule has 0 bridgehead atoms. The number of aliphatic hydroxyl groups excluding tert-OH is 1. The van der Waals surface area contributed by atoms with Crippen LogP contribution < -0.4 is 10.9 Å². The van der Waals surface area contributed by atoms with E-state index in [1.165, 1.54) is 6.33 Å². The van der Waals surface area contributed by atoms with Gasteiger partial charge >= 0.3 is 0 Å². The Morgan fingerprint density at radius 3 is 3.17 bits per heavy atom. The number of aromatic nitrogens is 4. The van der Waals surface area contributed by atoms with E-state index in [0.29, 0.717) is 17.1 Å². The number of anilines is 1. The molecule has 1 aliphatic rings. The molecular weight excluding hydrogens is 234 g/mol. The molecule has 2 aromatic heterocycles. The second-order valence-electron chi connectivity index (χ2n) is 4.33. The van der Waals surface area contributed by atoms with Gasteiger partial charge in [0.1, 0.15) is 0 Å². The number of imidazole rings is 1. The SMILES string of the molecule is O=c1[nH]c(NC2C=CC(CO)C2)nc2nc[nH]c12. The lowest BCUT2D eigenvalue weighted by molar-refractivity contribution is 0.250. The van der Waals surface area contributed by atoms with Crippen LogP contribution >= 0.6 is 0 Å². The summed E-state index contributed by atoms with van der Waals surface area (Å²) >= 11 is 0. The third kappa shape index (κ3) is 1.88. The second kappa shape index (κ2) is 4.26. The number of H-pyrrole nitrogens is 2. The Bertz CT molecular complexity index is 644. The minimum atomic E-state index is -0.249. The summed E-state index contributed by atoms with van der Waals surface area (Å²) in [5.41, 5.74) is 0.512. The van der Waals surface area contributed by atoms with Gasteiger partial charge in [0.05, 0.1) is 6.33 Å². The van der Waals surface area contributed by atoms with E-state index in [1.807, 2.05) is 12.2 Å². The number of nitrogens with one attached hydrogen (secondary N) is 3. The first-order valence-corrected chi connectivity index (χ1v) is 5.75. The van der Waals surface area contributed by atoms with Crippen molar-refractivity contribution in [3.63, 3.8) is 0 Å². The molecule has 0 saturated heterocycles. The molecule has 0 amide bonds. The standard InChI is InChI=1S/C11H13N5O2/c17-4-6-1-2-7(3-6)14-11-15-9-8(10(18)16-11)12-5-13-9/h1-2,5-7,17H,3-4H2,(H3,12,13,14,15,16,18).